The molecular weight excluding hydrogens is 160 g/mol. The molecule has 0 aromatic rings. The van der Waals surface area contributed by atoms with Crippen molar-refractivity contribution in [1.82, 2.24) is 0 Å². The van der Waals surface area contributed by atoms with Crippen LogP contribution in [0.5, 0.6) is 0 Å². The highest BCUT2D eigenvalue weighted by Gasteiger charge is 1.96. The Morgan fingerprint density at radius 2 is 2.10 bits per heavy atom. The summed E-state index contributed by atoms with van der Waals surface area (Å²) in [4.78, 5) is 0. The van der Waals surface area contributed by atoms with E-state index in [1.807, 2.05) is 6.08 Å². The van der Waals surface area contributed by atoms with Crippen LogP contribution in [0.4, 0.5) is 0 Å². The van der Waals surface area contributed by atoms with E-state index in [-0.39, 0.29) is 0 Å². The first-order chi connectivity index (χ1) is 4.77. The van der Waals surface area contributed by atoms with Crippen molar-refractivity contribution in [3.63, 3.8) is 0 Å². The molecule has 0 saturated heterocycles. The van der Waals surface area contributed by atoms with Gasteiger partial charge >= 0.3 is 0 Å². The summed E-state index contributed by atoms with van der Waals surface area (Å²) in [5.74, 6) is 0. The second-order valence-corrected chi connectivity index (χ2v) is 7.08. The molecule has 0 aliphatic carbocycles. The van der Waals surface area contributed by atoms with Crippen LogP contribution in [0.1, 0.15) is 25.7 Å². The Balaban J connectivity index is 2.83. The molecule has 0 amide bonds. The topological polar surface area (TPSA) is 0 Å². The van der Waals surface area contributed by atoms with E-state index in [1.54, 1.807) is 0 Å². The number of unbranched alkanes of at least 4 members (excludes halogenated alkanes) is 3. The summed E-state index contributed by atoms with van der Waals surface area (Å²) in [5, 5.41) is 0. The molecule has 0 radical (unpaired) electrons. The maximum absolute atomic E-state index is 5.91. The maximum Gasteiger partial charge on any atom is 0.138 e. The Kier molecular flexibility index (Phi) is 7.54. The summed E-state index contributed by atoms with van der Waals surface area (Å²) in [6.07, 6.45) is 7.10. The van der Waals surface area contributed by atoms with Crippen LogP contribution in [0, 0.1) is 0 Å². The average molecular weight is 177 g/mol. The minimum atomic E-state index is -0.776. The van der Waals surface area contributed by atoms with E-state index in [0.717, 1.165) is 6.42 Å². The van der Waals surface area contributed by atoms with Crippen molar-refractivity contribution in [2.75, 3.05) is 0 Å². The molecule has 10 heavy (non-hydrogen) atoms. The largest absolute Gasteiger partial charge is 0.172 e. The molecule has 1 atom stereocenters. The highest BCUT2D eigenvalue weighted by Crippen LogP contribution is 2.07. The third-order valence-corrected chi connectivity index (χ3v) is 3.37. The Hall–Kier alpha value is 0.247. The number of allylic oxidation sites excluding steroid dienone is 1. The van der Waals surface area contributed by atoms with Gasteiger partial charge in [-0.25, -0.2) is 0 Å². The first-order valence-electron chi connectivity index (χ1n) is 4.02. The Labute approximate surface area is 70.6 Å². The molecule has 0 aliphatic heterocycles. The van der Waals surface area contributed by atoms with Crippen molar-refractivity contribution < 1.29 is 0 Å². The molecule has 0 N–H and O–H groups in total. The summed E-state index contributed by atoms with van der Waals surface area (Å²) in [5.41, 5.74) is 0. The van der Waals surface area contributed by atoms with Crippen LogP contribution in [-0.4, -0.2) is 8.11 Å². The van der Waals surface area contributed by atoms with E-state index in [0.29, 0.717) is 0 Å². The van der Waals surface area contributed by atoms with E-state index < -0.39 is 8.11 Å². The third kappa shape index (κ3) is 8.25. The summed E-state index contributed by atoms with van der Waals surface area (Å²) in [6.45, 7) is 5.87. The van der Waals surface area contributed by atoms with E-state index in [1.165, 1.54) is 25.3 Å². The lowest BCUT2D eigenvalue weighted by Gasteiger charge is -1.98. The second-order valence-electron chi connectivity index (χ2n) is 2.71. The minimum absolute atomic E-state index is 0.776. The molecule has 0 saturated carbocycles. The molecule has 0 aliphatic rings. The zero-order valence-corrected chi connectivity index (χ0v) is 8.69. The fourth-order valence-electron chi connectivity index (χ4n) is 0.891. The van der Waals surface area contributed by atoms with Crippen LogP contribution < -0.4 is 0 Å². The van der Waals surface area contributed by atoms with Crippen LogP contribution >= 0.6 is 11.1 Å². The van der Waals surface area contributed by atoms with E-state index in [4.69, 9.17) is 11.1 Å². The number of halogens is 1. The summed E-state index contributed by atoms with van der Waals surface area (Å²) in [7, 11) is -0.776. The first kappa shape index (κ1) is 10.2. The monoisotopic (exact) mass is 176 g/mol. The highest BCUT2D eigenvalue weighted by atomic mass is 35.6. The smallest absolute Gasteiger partial charge is 0.138 e. The maximum atomic E-state index is 5.91. The normalized spacial score (nSPS) is 13.0. The number of hydrogen-bond donors (Lipinski definition) is 0. The SMILES string of the molecule is C=CCCCCC[SiH](C)Cl. The quantitative estimate of drug-likeness (QED) is 0.252. The van der Waals surface area contributed by atoms with Crippen LogP contribution in [0.3, 0.4) is 0 Å². The van der Waals surface area contributed by atoms with Crippen LogP contribution in [0.2, 0.25) is 12.6 Å². The van der Waals surface area contributed by atoms with Crippen LogP contribution in [-0.2, 0) is 0 Å². The predicted molar refractivity (Wildman–Crippen MR) is 52.3 cm³/mol. The van der Waals surface area contributed by atoms with Crippen molar-refractivity contribution in [3.8, 4) is 0 Å². The lowest BCUT2D eigenvalue weighted by Crippen LogP contribution is -1.93. The molecule has 0 aromatic heterocycles. The van der Waals surface area contributed by atoms with Crippen molar-refractivity contribution in [2.24, 2.45) is 0 Å². The van der Waals surface area contributed by atoms with Crippen molar-refractivity contribution in [3.05, 3.63) is 12.7 Å². The van der Waals surface area contributed by atoms with Gasteiger partial charge in [0, 0.05) is 0 Å². The van der Waals surface area contributed by atoms with Gasteiger partial charge in [0.15, 0.2) is 0 Å². The molecule has 0 spiro atoms. The van der Waals surface area contributed by atoms with E-state index in [2.05, 4.69) is 13.1 Å². The molecule has 2 heteroatoms. The number of rotatable bonds is 6. The van der Waals surface area contributed by atoms with E-state index in [9.17, 15) is 0 Å². The fourth-order valence-corrected chi connectivity index (χ4v) is 2.21. The van der Waals surface area contributed by atoms with E-state index >= 15 is 0 Å². The van der Waals surface area contributed by atoms with Gasteiger partial charge in [-0.3, -0.25) is 0 Å². The van der Waals surface area contributed by atoms with Crippen molar-refractivity contribution in [2.45, 2.75) is 38.3 Å². The van der Waals surface area contributed by atoms with Crippen molar-refractivity contribution >= 4 is 19.2 Å². The van der Waals surface area contributed by atoms with Crippen molar-refractivity contribution in [1.29, 1.82) is 0 Å². The van der Waals surface area contributed by atoms with Gasteiger partial charge in [0.25, 0.3) is 0 Å². The Morgan fingerprint density at radius 1 is 1.40 bits per heavy atom. The lowest BCUT2D eigenvalue weighted by molar-refractivity contribution is 0.727. The molecule has 0 rings (SSSR count). The zero-order chi connectivity index (χ0) is 7.82. The molecule has 0 nitrogen and oxygen atoms in total. The van der Waals surface area contributed by atoms with Gasteiger partial charge in [0.1, 0.15) is 8.11 Å². The van der Waals surface area contributed by atoms with Gasteiger partial charge in [-0.2, -0.15) is 11.1 Å². The summed E-state index contributed by atoms with van der Waals surface area (Å²) >= 11 is 5.91. The second kappa shape index (κ2) is 7.36. The molecular formula is C8H17ClSi. The highest BCUT2D eigenvalue weighted by molar-refractivity contribution is 7.06. The predicted octanol–water partition coefficient (Wildman–Crippen LogP) is 3.33. The molecule has 0 aromatic carbocycles. The molecule has 1 unspecified atom stereocenters. The summed E-state index contributed by atoms with van der Waals surface area (Å²) in [6, 6.07) is 1.29. The lowest BCUT2D eigenvalue weighted by atomic mass is 10.2. The van der Waals surface area contributed by atoms with Gasteiger partial charge in [-0.05, 0) is 18.9 Å². The number of hydrogen-bond acceptors (Lipinski definition) is 0. The van der Waals surface area contributed by atoms with Crippen LogP contribution in [0.15, 0.2) is 12.7 Å². The molecule has 60 valence electrons. The Morgan fingerprint density at radius 3 is 2.60 bits per heavy atom. The van der Waals surface area contributed by atoms with Crippen LogP contribution in [0.25, 0.3) is 0 Å². The van der Waals surface area contributed by atoms with Gasteiger partial charge in [-0.1, -0.05) is 25.5 Å². The fraction of sp³-hybridized carbons (Fsp3) is 0.750. The van der Waals surface area contributed by atoms with Gasteiger partial charge in [-0.15, -0.1) is 6.58 Å². The standard InChI is InChI=1S/C8H17ClSi/c1-3-4-5-6-7-8-10(2)9/h3,10H,1,4-8H2,2H3. The average Bonchev–Trinajstić information content (AvgIpc) is 1.87. The molecule has 0 bridgehead atoms. The van der Waals surface area contributed by atoms with Gasteiger partial charge in [0.05, 0.1) is 0 Å². The Bertz CT molecular complexity index is 81.3. The zero-order valence-electron chi connectivity index (χ0n) is 6.78. The molecule has 0 heterocycles. The van der Waals surface area contributed by atoms with Gasteiger partial charge in [0.2, 0.25) is 0 Å². The summed E-state index contributed by atoms with van der Waals surface area (Å²) < 4.78 is 0. The molecule has 0 fully saturated rings. The first-order valence-corrected chi connectivity index (χ1v) is 7.74. The third-order valence-electron chi connectivity index (χ3n) is 1.51. The van der Waals surface area contributed by atoms with Gasteiger partial charge < -0.3 is 0 Å². The minimum Gasteiger partial charge on any atom is -0.172 e.